The van der Waals surface area contributed by atoms with Crippen LogP contribution in [0.25, 0.3) is 0 Å². The fourth-order valence-electron chi connectivity index (χ4n) is 0.900. The Bertz CT molecular complexity index is 76.5. The third-order valence-electron chi connectivity index (χ3n) is 1.42. The van der Waals surface area contributed by atoms with Crippen LogP contribution in [0.4, 0.5) is 0 Å². The maximum absolute atomic E-state index is 5.91. The van der Waals surface area contributed by atoms with E-state index in [1.54, 1.807) is 0 Å². The summed E-state index contributed by atoms with van der Waals surface area (Å²) in [4.78, 5) is 0. The van der Waals surface area contributed by atoms with Crippen molar-refractivity contribution in [2.24, 2.45) is 0 Å². The Labute approximate surface area is 57.8 Å². The smallest absolute Gasteiger partial charge is 0.118 e. The highest BCUT2D eigenvalue weighted by atomic mass is 35.5. The molecule has 0 N–H and O–H groups in total. The summed E-state index contributed by atoms with van der Waals surface area (Å²) in [5.74, 6) is 0. The minimum absolute atomic E-state index is 0.210. The standard InChI is InChI=1S/C5H11ClOSi/c6-5(8)3-1-2-4-7-5/h1-4H2,8H3. The lowest BCUT2D eigenvalue weighted by Crippen LogP contribution is -2.29. The highest BCUT2D eigenvalue weighted by molar-refractivity contribution is 6.43. The first-order valence-electron chi connectivity index (χ1n) is 3.04. The van der Waals surface area contributed by atoms with E-state index in [0.717, 1.165) is 23.3 Å². The maximum Gasteiger partial charge on any atom is 0.118 e. The second-order valence-corrected chi connectivity index (χ2v) is 5.46. The van der Waals surface area contributed by atoms with E-state index in [2.05, 4.69) is 0 Å². The highest BCUT2D eigenvalue weighted by Gasteiger charge is 2.23. The van der Waals surface area contributed by atoms with E-state index >= 15 is 0 Å². The van der Waals surface area contributed by atoms with Gasteiger partial charge in [0.05, 0.1) is 10.2 Å². The summed E-state index contributed by atoms with van der Waals surface area (Å²) in [5.41, 5.74) is 0. The van der Waals surface area contributed by atoms with Crippen LogP contribution in [0.1, 0.15) is 19.3 Å². The lowest BCUT2D eigenvalue weighted by atomic mass is 10.2. The number of alkyl halides is 1. The molecule has 1 unspecified atom stereocenters. The normalized spacial score (nSPS) is 40.1. The third kappa shape index (κ3) is 1.76. The Morgan fingerprint density at radius 3 is 2.50 bits per heavy atom. The number of hydrogen-bond donors (Lipinski definition) is 0. The van der Waals surface area contributed by atoms with Gasteiger partial charge >= 0.3 is 0 Å². The molecule has 0 aromatic carbocycles. The maximum atomic E-state index is 5.91. The third-order valence-corrected chi connectivity index (χ3v) is 2.51. The lowest BCUT2D eigenvalue weighted by molar-refractivity contribution is 0.0388. The van der Waals surface area contributed by atoms with Crippen molar-refractivity contribution in [2.75, 3.05) is 6.61 Å². The zero-order valence-corrected chi connectivity index (χ0v) is 7.87. The van der Waals surface area contributed by atoms with Gasteiger partial charge in [-0.1, -0.05) is 11.6 Å². The van der Waals surface area contributed by atoms with Crippen LogP contribution in [0.2, 0.25) is 0 Å². The fraction of sp³-hybridized carbons (Fsp3) is 1.00. The molecule has 0 bridgehead atoms. The summed E-state index contributed by atoms with van der Waals surface area (Å²) in [6, 6.07) is 0. The van der Waals surface area contributed by atoms with Crippen LogP contribution in [-0.4, -0.2) is 21.5 Å². The second-order valence-electron chi connectivity index (χ2n) is 2.41. The van der Waals surface area contributed by atoms with E-state index in [-0.39, 0.29) is 4.68 Å². The monoisotopic (exact) mass is 150 g/mol. The predicted molar refractivity (Wildman–Crippen MR) is 38.3 cm³/mol. The molecule has 1 atom stereocenters. The summed E-state index contributed by atoms with van der Waals surface area (Å²) in [7, 11) is 0.953. The zero-order valence-electron chi connectivity index (χ0n) is 5.11. The number of rotatable bonds is 0. The van der Waals surface area contributed by atoms with Crippen LogP contribution in [-0.2, 0) is 4.74 Å². The van der Waals surface area contributed by atoms with Crippen molar-refractivity contribution in [2.45, 2.75) is 23.9 Å². The van der Waals surface area contributed by atoms with Gasteiger partial charge in [0.25, 0.3) is 0 Å². The van der Waals surface area contributed by atoms with Gasteiger partial charge in [-0.05, 0) is 19.3 Å². The molecule has 8 heavy (non-hydrogen) atoms. The Balaban J connectivity index is 2.33. The highest BCUT2D eigenvalue weighted by Crippen LogP contribution is 2.24. The molecule has 1 nitrogen and oxygen atoms in total. The number of ether oxygens (including phenoxy) is 1. The average molecular weight is 151 g/mol. The summed E-state index contributed by atoms with van der Waals surface area (Å²) in [6.45, 7) is 0.868. The Hall–Kier alpha value is 0.467. The van der Waals surface area contributed by atoms with E-state index < -0.39 is 0 Å². The molecule has 0 aliphatic carbocycles. The van der Waals surface area contributed by atoms with Crippen molar-refractivity contribution >= 4 is 21.8 Å². The average Bonchev–Trinajstić information content (AvgIpc) is 1.65. The van der Waals surface area contributed by atoms with Crippen molar-refractivity contribution in [3.8, 4) is 0 Å². The molecule has 1 saturated heterocycles. The quantitative estimate of drug-likeness (QED) is 0.360. The molecular weight excluding hydrogens is 140 g/mol. The predicted octanol–water partition coefficient (Wildman–Crippen LogP) is 0.445. The molecule has 48 valence electrons. The van der Waals surface area contributed by atoms with Gasteiger partial charge in [-0.3, -0.25) is 0 Å². The van der Waals surface area contributed by atoms with Crippen LogP contribution >= 0.6 is 11.6 Å². The van der Waals surface area contributed by atoms with Gasteiger partial charge in [0.2, 0.25) is 0 Å². The van der Waals surface area contributed by atoms with Gasteiger partial charge in [0.15, 0.2) is 0 Å². The molecule has 0 radical (unpaired) electrons. The van der Waals surface area contributed by atoms with Gasteiger partial charge in [-0.15, -0.1) is 0 Å². The van der Waals surface area contributed by atoms with Crippen LogP contribution in [0.5, 0.6) is 0 Å². The van der Waals surface area contributed by atoms with E-state index in [0.29, 0.717) is 0 Å². The second kappa shape index (κ2) is 2.37. The Morgan fingerprint density at radius 1 is 1.50 bits per heavy atom. The van der Waals surface area contributed by atoms with Gasteiger partial charge in [-0.2, -0.15) is 0 Å². The minimum Gasteiger partial charge on any atom is -0.364 e. The fourth-order valence-corrected chi connectivity index (χ4v) is 1.67. The molecule has 0 amide bonds. The van der Waals surface area contributed by atoms with Gasteiger partial charge in [-0.25, -0.2) is 0 Å². The summed E-state index contributed by atoms with van der Waals surface area (Å²) in [6.07, 6.45) is 3.49. The SMILES string of the molecule is [SiH3]C1(Cl)CCCCO1. The van der Waals surface area contributed by atoms with E-state index in [1.165, 1.54) is 12.8 Å². The first kappa shape index (κ1) is 6.58. The molecular formula is C5H11ClOSi. The molecule has 0 aromatic rings. The van der Waals surface area contributed by atoms with Crippen molar-refractivity contribution in [1.82, 2.24) is 0 Å². The van der Waals surface area contributed by atoms with Crippen molar-refractivity contribution in [3.05, 3.63) is 0 Å². The molecule has 1 aliphatic heterocycles. The summed E-state index contributed by atoms with van der Waals surface area (Å²) in [5, 5.41) is 0. The van der Waals surface area contributed by atoms with E-state index in [4.69, 9.17) is 16.3 Å². The van der Waals surface area contributed by atoms with Gasteiger partial charge < -0.3 is 4.74 Å². The Morgan fingerprint density at radius 2 is 2.25 bits per heavy atom. The van der Waals surface area contributed by atoms with Gasteiger partial charge in [0.1, 0.15) is 4.68 Å². The topological polar surface area (TPSA) is 9.23 Å². The van der Waals surface area contributed by atoms with Crippen LogP contribution in [0.15, 0.2) is 0 Å². The molecule has 1 aliphatic rings. The number of halogens is 1. The lowest BCUT2D eigenvalue weighted by Gasteiger charge is -2.27. The van der Waals surface area contributed by atoms with Crippen molar-refractivity contribution in [1.29, 1.82) is 0 Å². The van der Waals surface area contributed by atoms with Crippen LogP contribution in [0.3, 0.4) is 0 Å². The molecule has 3 heteroatoms. The largest absolute Gasteiger partial charge is 0.364 e. The molecule has 1 rings (SSSR count). The molecule has 1 heterocycles. The minimum atomic E-state index is -0.210. The molecule has 0 saturated carbocycles. The molecule has 0 aromatic heterocycles. The van der Waals surface area contributed by atoms with Crippen molar-refractivity contribution in [3.63, 3.8) is 0 Å². The van der Waals surface area contributed by atoms with Gasteiger partial charge in [0, 0.05) is 6.61 Å². The first-order chi connectivity index (χ1) is 3.71. The van der Waals surface area contributed by atoms with Crippen LogP contribution in [0, 0.1) is 0 Å². The van der Waals surface area contributed by atoms with Crippen LogP contribution < -0.4 is 0 Å². The molecule has 0 spiro atoms. The number of hydrogen-bond acceptors (Lipinski definition) is 1. The zero-order chi connectivity index (χ0) is 6.04. The molecule has 1 fully saturated rings. The summed E-state index contributed by atoms with van der Waals surface area (Å²) < 4.78 is 5.08. The van der Waals surface area contributed by atoms with E-state index in [9.17, 15) is 0 Å². The van der Waals surface area contributed by atoms with Crippen molar-refractivity contribution < 1.29 is 4.74 Å². The Kier molecular flexibility index (Phi) is 1.95. The first-order valence-corrected chi connectivity index (χ1v) is 4.41. The summed E-state index contributed by atoms with van der Waals surface area (Å²) >= 11 is 5.91. The van der Waals surface area contributed by atoms with E-state index in [1.807, 2.05) is 0 Å².